The van der Waals surface area contributed by atoms with Crippen LogP contribution in [0.2, 0.25) is 0 Å². The van der Waals surface area contributed by atoms with Gasteiger partial charge in [0.05, 0.1) is 25.5 Å². The minimum absolute atomic E-state index is 0.176. The average molecular weight is 467 g/mol. The van der Waals surface area contributed by atoms with E-state index in [1.54, 1.807) is 17.2 Å². The molecule has 0 radical (unpaired) electrons. The van der Waals surface area contributed by atoms with Gasteiger partial charge < -0.3 is 30.0 Å². The van der Waals surface area contributed by atoms with Crippen LogP contribution in [0.4, 0.5) is 22.2 Å². The Morgan fingerprint density at radius 1 is 1.38 bits per heavy atom. The molecule has 11 nitrogen and oxygen atoms in total. The summed E-state index contributed by atoms with van der Waals surface area (Å²) in [5.41, 5.74) is -0.469. The first kappa shape index (κ1) is 23.5. The number of pyridine rings is 1. The van der Waals surface area contributed by atoms with Gasteiger partial charge in [-0.15, -0.1) is 0 Å². The van der Waals surface area contributed by atoms with Crippen LogP contribution in [-0.2, 0) is 14.9 Å². The predicted molar refractivity (Wildman–Crippen MR) is 127 cm³/mol. The van der Waals surface area contributed by atoms with Crippen molar-refractivity contribution in [3.63, 3.8) is 0 Å². The molecule has 3 N–H and O–H groups in total. The number of carbonyl (C=O) groups is 1. The van der Waals surface area contributed by atoms with Crippen LogP contribution >= 0.6 is 0 Å². The molecule has 11 heteroatoms. The fraction of sp³-hybridized carbons (Fsp3) is 0.522. The molecule has 0 aliphatic carbocycles. The van der Waals surface area contributed by atoms with E-state index < -0.39 is 17.1 Å². The molecule has 2 aromatic heterocycles. The number of hydrogen-bond donors (Lipinski definition) is 3. The van der Waals surface area contributed by atoms with Crippen molar-refractivity contribution in [1.29, 1.82) is 10.7 Å². The molecule has 0 saturated carbocycles. The Morgan fingerprint density at radius 2 is 2.15 bits per heavy atom. The summed E-state index contributed by atoms with van der Waals surface area (Å²) in [6.07, 6.45) is 2.81. The van der Waals surface area contributed by atoms with Crippen LogP contribution in [-0.4, -0.2) is 77.4 Å². The van der Waals surface area contributed by atoms with Crippen LogP contribution < -0.4 is 10.2 Å². The number of hydrogen-bond acceptors (Lipinski definition) is 9. The van der Waals surface area contributed by atoms with E-state index in [1.165, 1.54) is 6.21 Å². The number of H-pyrrole nitrogens is 1. The number of anilines is 3. The Kier molecular flexibility index (Phi) is 6.43. The second-order valence-corrected chi connectivity index (χ2v) is 9.48. The summed E-state index contributed by atoms with van der Waals surface area (Å²) in [7, 11) is 0. The van der Waals surface area contributed by atoms with E-state index in [-0.39, 0.29) is 6.54 Å². The van der Waals surface area contributed by atoms with Gasteiger partial charge in [0.1, 0.15) is 28.5 Å². The highest BCUT2D eigenvalue weighted by molar-refractivity contribution is 5.89. The Balaban J connectivity index is 1.76. The van der Waals surface area contributed by atoms with E-state index in [1.807, 2.05) is 26.8 Å². The van der Waals surface area contributed by atoms with Crippen LogP contribution in [0.15, 0.2) is 18.3 Å². The number of amides is 1. The molecule has 4 rings (SSSR count). The lowest BCUT2D eigenvalue weighted by Gasteiger charge is -2.31. The third-order valence-corrected chi connectivity index (χ3v) is 5.93. The van der Waals surface area contributed by atoms with Gasteiger partial charge in [0.25, 0.3) is 0 Å². The average Bonchev–Trinajstić information content (AvgIpc) is 3.49. The first-order valence-corrected chi connectivity index (χ1v) is 11.3. The quantitative estimate of drug-likeness (QED) is 0.571. The Hall–Kier alpha value is -3.65. The van der Waals surface area contributed by atoms with E-state index in [0.29, 0.717) is 67.8 Å². The molecule has 180 valence electrons. The molecule has 2 fully saturated rings. The first-order chi connectivity index (χ1) is 16.2. The largest absolute Gasteiger partial charge is 0.444 e. The summed E-state index contributed by atoms with van der Waals surface area (Å²) in [4.78, 5) is 21.2. The van der Waals surface area contributed by atoms with Gasteiger partial charge in [0, 0.05) is 44.0 Å². The topological polar surface area (TPSA) is 143 Å². The third-order valence-electron chi connectivity index (χ3n) is 5.93. The zero-order valence-corrected chi connectivity index (χ0v) is 19.7. The zero-order chi connectivity index (χ0) is 24.3. The van der Waals surface area contributed by atoms with E-state index in [0.717, 1.165) is 0 Å². The minimum Gasteiger partial charge on any atom is -0.444 e. The zero-order valence-electron chi connectivity index (χ0n) is 19.7. The summed E-state index contributed by atoms with van der Waals surface area (Å²) < 4.78 is 11.0. The monoisotopic (exact) mass is 466 g/mol. The van der Waals surface area contributed by atoms with Crippen molar-refractivity contribution in [2.24, 2.45) is 0 Å². The molecule has 4 heterocycles. The van der Waals surface area contributed by atoms with Crippen molar-refractivity contribution < 1.29 is 14.3 Å². The van der Waals surface area contributed by atoms with E-state index in [2.05, 4.69) is 26.5 Å². The van der Waals surface area contributed by atoms with Gasteiger partial charge in [-0.05, 0) is 38.8 Å². The van der Waals surface area contributed by atoms with Gasteiger partial charge in [-0.1, -0.05) is 0 Å². The Labute approximate surface area is 198 Å². The van der Waals surface area contributed by atoms with Gasteiger partial charge in [0.2, 0.25) is 0 Å². The highest BCUT2D eigenvalue weighted by Crippen LogP contribution is 2.40. The molecule has 1 amide bonds. The molecule has 0 spiro atoms. The molecule has 2 aliphatic heterocycles. The second-order valence-electron chi connectivity index (χ2n) is 9.48. The van der Waals surface area contributed by atoms with Gasteiger partial charge in [-0.25, -0.2) is 9.78 Å². The molecule has 2 aromatic rings. The van der Waals surface area contributed by atoms with Crippen LogP contribution in [0.25, 0.3) is 0 Å². The highest BCUT2D eigenvalue weighted by atomic mass is 16.6. The van der Waals surface area contributed by atoms with Crippen molar-refractivity contribution in [1.82, 2.24) is 20.1 Å². The lowest BCUT2D eigenvalue weighted by Crippen LogP contribution is -2.39. The maximum atomic E-state index is 12.7. The Morgan fingerprint density at radius 3 is 2.76 bits per heavy atom. The molecule has 0 bridgehead atoms. The number of aromatic nitrogens is 3. The summed E-state index contributed by atoms with van der Waals surface area (Å²) in [5, 5.41) is 28.6. The molecular formula is C23H30N8O3. The number of rotatable bonds is 5. The predicted octanol–water partition coefficient (Wildman–Crippen LogP) is 2.78. The normalized spacial score (nSPS) is 20.6. The number of nitrogens with zero attached hydrogens (tertiary/aromatic N) is 5. The van der Waals surface area contributed by atoms with Crippen LogP contribution in [0.3, 0.4) is 0 Å². The molecule has 2 aliphatic rings. The lowest BCUT2D eigenvalue weighted by molar-refractivity contribution is 0.0288. The number of nitrogens with one attached hydrogen (secondary N) is 3. The number of morpholine rings is 1. The SMILES string of the molecule is CC(C)(C)OC(=O)N1CCC(C#N)(c2cc(N3CCOCC3)nc(Nc3ccn[nH]3)c2C=N)C1. The van der Waals surface area contributed by atoms with Crippen molar-refractivity contribution >= 4 is 29.8 Å². The summed E-state index contributed by atoms with van der Waals surface area (Å²) in [6.45, 7) is 8.52. The lowest BCUT2D eigenvalue weighted by atomic mass is 9.79. The van der Waals surface area contributed by atoms with Crippen molar-refractivity contribution in [2.45, 2.75) is 38.2 Å². The minimum atomic E-state index is -1.00. The van der Waals surface area contributed by atoms with Crippen molar-refractivity contribution in [3.8, 4) is 6.07 Å². The van der Waals surface area contributed by atoms with Crippen LogP contribution in [0.1, 0.15) is 38.3 Å². The van der Waals surface area contributed by atoms with E-state index >= 15 is 0 Å². The van der Waals surface area contributed by atoms with Gasteiger partial charge in [-0.3, -0.25) is 5.10 Å². The number of carbonyl (C=O) groups excluding carboxylic acids is 1. The number of likely N-dealkylation sites (tertiary alicyclic amines) is 1. The van der Waals surface area contributed by atoms with Crippen LogP contribution in [0, 0.1) is 16.7 Å². The molecule has 0 aromatic carbocycles. The fourth-order valence-corrected chi connectivity index (χ4v) is 4.25. The van der Waals surface area contributed by atoms with Gasteiger partial charge in [0.15, 0.2) is 0 Å². The summed E-state index contributed by atoms with van der Waals surface area (Å²) in [5.74, 6) is 1.76. The van der Waals surface area contributed by atoms with Gasteiger partial charge >= 0.3 is 6.09 Å². The number of aromatic amines is 1. The highest BCUT2D eigenvalue weighted by Gasteiger charge is 2.45. The Bertz CT molecular complexity index is 1080. The smallest absolute Gasteiger partial charge is 0.410 e. The molecular weight excluding hydrogens is 436 g/mol. The molecule has 34 heavy (non-hydrogen) atoms. The van der Waals surface area contributed by atoms with Gasteiger partial charge in [-0.2, -0.15) is 10.4 Å². The number of nitriles is 1. The standard InChI is InChI=1S/C23H30N8O3/c1-22(2,3)34-21(32)31-7-5-23(14-25,15-31)17-12-19(30-8-10-33-11-9-30)28-20(16(17)13-24)27-18-4-6-26-29-18/h4,6,12-13,24H,5,7-11,15H2,1-3H3,(H2,26,27,28,29). The summed E-state index contributed by atoms with van der Waals surface area (Å²) in [6, 6.07) is 6.10. The molecule has 1 unspecified atom stereocenters. The molecule has 2 saturated heterocycles. The van der Waals surface area contributed by atoms with Crippen LogP contribution in [0.5, 0.6) is 0 Å². The maximum absolute atomic E-state index is 12.7. The van der Waals surface area contributed by atoms with Crippen molar-refractivity contribution in [2.75, 3.05) is 49.6 Å². The fourth-order valence-electron chi connectivity index (χ4n) is 4.25. The number of ether oxygens (including phenoxy) is 2. The van der Waals surface area contributed by atoms with Crippen molar-refractivity contribution in [3.05, 3.63) is 29.5 Å². The van der Waals surface area contributed by atoms with E-state index in [4.69, 9.17) is 19.9 Å². The second kappa shape index (κ2) is 9.30. The summed E-state index contributed by atoms with van der Waals surface area (Å²) >= 11 is 0. The maximum Gasteiger partial charge on any atom is 0.410 e. The third kappa shape index (κ3) is 4.82. The van der Waals surface area contributed by atoms with E-state index in [9.17, 15) is 10.1 Å². The molecule has 1 atom stereocenters. The first-order valence-electron chi connectivity index (χ1n) is 11.3.